The van der Waals surface area contributed by atoms with Gasteiger partial charge in [0.2, 0.25) is 11.8 Å². The van der Waals surface area contributed by atoms with E-state index in [2.05, 4.69) is 48.1 Å². The van der Waals surface area contributed by atoms with Gasteiger partial charge in [0, 0.05) is 36.9 Å². The van der Waals surface area contributed by atoms with Crippen LogP contribution in [-0.2, 0) is 16.6 Å². The third kappa shape index (κ3) is 5.53. The van der Waals surface area contributed by atoms with Crippen molar-refractivity contribution in [1.82, 2.24) is 20.4 Å². The van der Waals surface area contributed by atoms with E-state index in [1.54, 1.807) is 0 Å². The lowest BCUT2D eigenvalue weighted by molar-refractivity contribution is -0.122. The summed E-state index contributed by atoms with van der Waals surface area (Å²) in [5.41, 5.74) is -0.109. The molecule has 0 radical (unpaired) electrons. The Morgan fingerprint density at radius 3 is 2.70 bits per heavy atom. The van der Waals surface area contributed by atoms with E-state index in [0.29, 0.717) is 24.7 Å². The maximum atomic E-state index is 12.3. The molecule has 1 saturated carbocycles. The van der Waals surface area contributed by atoms with Crippen molar-refractivity contribution in [2.45, 2.75) is 96.6 Å². The van der Waals surface area contributed by atoms with Crippen molar-refractivity contribution in [3.63, 3.8) is 0 Å². The van der Waals surface area contributed by atoms with E-state index in [1.165, 1.54) is 38.6 Å². The highest BCUT2D eigenvalue weighted by Crippen LogP contribution is 2.30. The fourth-order valence-corrected chi connectivity index (χ4v) is 4.04. The number of nitrogens with zero attached hydrogens (tertiary/aromatic N) is 3. The summed E-state index contributed by atoms with van der Waals surface area (Å²) in [5.74, 6) is 2.07. The fourth-order valence-electron chi connectivity index (χ4n) is 4.04. The van der Waals surface area contributed by atoms with Gasteiger partial charge in [0.25, 0.3) is 0 Å². The minimum atomic E-state index is -0.109. The summed E-state index contributed by atoms with van der Waals surface area (Å²) >= 11 is 0. The van der Waals surface area contributed by atoms with Crippen molar-refractivity contribution in [3.8, 4) is 0 Å². The first-order valence-electron chi connectivity index (χ1n) is 10.7. The van der Waals surface area contributed by atoms with Gasteiger partial charge in [-0.05, 0) is 51.5 Å². The van der Waals surface area contributed by atoms with E-state index in [-0.39, 0.29) is 17.4 Å². The summed E-state index contributed by atoms with van der Waals surface area (Å²) in [6.07, 6.45) is 8.50. The molecule has 2 fully saturated rings. The molecule has 2 atom stereocenters. The summed E-state index contributed by atoms with van der Waals surface area (Å²) in [5, 5.41) is 7.27. The van der Waals surface area contributed by atoms with Gasteiger partial charge in [-0.15, -0.1) is 0 Å². The molecular weight excluding hydrogens is 340 g/mol. The molecule has 1 aliphatic heterocycles. The van der Waals surface area contributed by atoms with Crippen LogP contribution < -0.4 is 5.32 Å². The number of aryl methyl sites for hydroxylation is 1. The van der Waals surface area contributed by atoms with Crippen LogP contribution >= 0.6 is 0 Å². The number of carbonyl (C=O) groups is 1. The quantitative estimate of drug-likeness (QED) is 0.789. The normalized spacial score (nSPS) is 23.0. The van der Waals surface area contributed by atoms with Crippen molar-refractivity contribution >= 4 is 5.91 Å². The Balaban J connectivity index is 1.37. The predicted molar refractivity (Wildman–Crippen MR) is 105 cm³/mol. The van der Waals surface area contributed by atoms with Crippen molar-refractivity contribution in [2.75, 3.05) is 13.1 Å². The molecule has 0 bridgehead atoms. The molecule has 1 N–H and O–H groups in total. The van der Waals surface area contributed by atoms with E-state index < -0.39 is 0 Å². The lowest BCUT2D eigenvalue weighted by Gasteiger charge is -2.43. The molecule has 1 amide bonds. The number of amides is 1. The Morgan fingerprint density at radius 1 is 1.30 bits per heavy atom. The van der Waals surface area contributed by atoms with Crippen LogP contribution in [0.5, 0.6) is 0 Å². The molecule has 2 heterocycles. The minimum Gasteiger partial charge on any atom is -0.353 e. The summed E-state index contributed by atoms with van der Waals surface area (Å²) in [4.78, 5) is 19.4. The minimum absolute atomic E-state index is 0.109. The molecule has 6 nitrogen and oxygen atoms in total. The van der Waals surface area contributed by atoms with Gasteiger partial charge in [-0.1, -0.05) is 32.3 Å². The van der Waals surface area contributed by atoms with Crippen molar-refractivity contribution < 1.29 is 9.32 Å². The first-order valence-corrected chi connectivity index (χ1v) is 10.7. The Kier molecular flexibility index (Phi) is 6.56. The van der Waals surface area contributed by atoms with E-state index in [9.17, 15) is 4.79 Å². The molecule has 152 valence electrons. The number of nitrogens with one attached hydrogen (secondary N) is 1. The molecule has 27 heavy (non-hydrogen) atoms. The van der Waals surface area contributed by atoms with Crippen LogP contribution in [0, 0.1) is 5.92 Å². The monoisotopic (exact) mass is 376 g/mol. The van der Waals surface area contributed by atoms with Gasteiger partial charge in [-0.25, -0.2) is 0 Å². The summed E-state index contributed by atoms with van der Waals surface area (Å²) < 4.78 is 5.30. The molecular formula is C21H36N4O2. The lowest BCUT2D eigenvalue weighted by atomic mass is 9.85. The van der Waals surface area contributed by atoms with Crippen LogP contribution in [0.15, 0.2) is 4.52 Å². The second kappa shape index (κ2) is 8.72. The molecule has 2 aliphatic rings. The molecule has 1 aromatic heterocycles. The molecule has 1 saturated heterocycles. The van der Waals surface area contributed by atoms with E-state index in [1.807, 2.05) is 0 Å². The Morgan fingerprint density at radius 2 is 2.07 bits per heavy atom. The molecule has 1 aromatic rings. The van der Waals surface area contributed by atoms with Gasteiger partial charge in [0.15, 0.2) is 5.82 Å². The number of carbonyl (C=O) groups excluding carboxylic acids is 1. The third-order valence-corrected chi connectivity index (χ3v) is 6.11. The predicted octanol–water partition coefficient (Wildman–Crippen LogP) is 3.46. The second-order valence-electron chi connectivity index (χ2n) is 9.45. The summed E-state index contributed by atoms with van der Waals surface area (Å²) in [6.45, 7) is 10.7. The van der Waals surface area contributed by atoms with Gasteiger partial charge in [-0.3, -0.25) is 4.79 Å². The third-order valence-electron chi connectivity index (χ3n) is 6.11. The Bertz CT molecular complexity index is 618. The van der Waals surface area contributed by atoms with Crippen LogP contribution in [0.4, 0.5) is 0 Å². The Hall–Kier alpha value is -1.43. The lowest BCUT2D eigenvalue weighted by Crippen LogP contribution is -2.50. The molecule has 6 heteroatoms. The average molecular weight is 377 g/mol. The van der Waals surface area contributed by atoms with Crippen LogP contribution in [0.1, 0.15) is 84.4 Å². The zero-order valence-corrected chi connectivity index (χ0v) is 17.5. The average Bonchev–Trinajstić information content (AvgIpc) is 3.02. The SMILES string of the molecule is CC(NC(=O)CCCc1nc(C(C)(C)C)no1)C1CCCN(C2CCC2)C1. The van der Waals surface area contributed by atoms with Crippen molar-refractivity contribution in [2.24, 2.45) is 5.92 Å². The van der Waals surface area contributed by atoms with Gasteiger partial charge < -0.3 is 14.7 Å². The number of piperidine rings is 1. The maximum absolute atomic E-state index is 12.3. The van der Waals surface area contributed by atoms with Crippen molar-refractivity contribution in [3.05, 3.63) is 11.7 Å². The van der Waals surface area contributed by atoms with Gasteiger partial charge in [0.1, 0.15) is 0 Å². The van der Waals surface area contributed by atoms with E-state index >= 15 is 0 Å². The molecule has 2 unspecified atom stereocenters. The zero-order chi connectivity index (χ0) is 19.4. The second-order valence-corrected chi connectivity index (χ2v) is 9.45. The van der Waals surface area contributed by atoms with Crippen LogP contribution in [0.25, 0.3) is 0 Å². The topological polar surface area (TPSA) is 71.3 Å². The van der Waals surface area contributed by atoms with E-state index in [4.69, 9.17) is 4.52 Å². The molecule has 0 spiro atoms. The standard InChI is InChI=1S/C21H36N4O2/c1-15(16-8-7-13-25(14-16)17-9-5-10-17)22-18(26)11-6-12-19-23-20(24-27-19)21(2,3)4/h15-17H,5-14H2,1-4H3,(H,22,26). The number of aromatic nitrogens is 2. The highest BCUT2D eigenvalue weighted by atomic mass is 16.5. The zero-order valence-electron chi connectivity index (χ0n) is 17.5. The number of hydrogen-bond acceptors (Lipinski definition) is 5. The molecule has 1 aliphatic carbocycles. The maximum Gasteiger partial charge on any atom is 0.226 e. The fraction of sp³-hybridized carbons (Fsp3) is 0.857. The number of likely N-dealkylation sites (tertiary alicyclic amines) is 1. The number of hydrogen-bond donors (Lipinski definition) is 1. The largest absolute Gasteiger partial charge is 0.353 e. The molecule has 0 aromatic carbocycles. The van der Waals surface area contributed by atoms with Crippen molar-refractivity contribution in [1.29, 1.82) is 0 Å². The van der Waals surface area contributed by atoms with Gasteiger partial charge >= 0.3 is 0 Å². The van der Waals surface area contributed by atoms with Crippen LogP contribution in [0.3, 0.4) is 0 Å². The summed E-state index contributed by atoms with van der Waals surface area (Å²) in [6, 6.07) is 1.05. The Labute approximate surface area is 163 Å². The highest BCUT2D eigenvalue weighted by Gasteiger charge is 2.31. The highest BCUT2D eigenvalue weighted by molar-refractivity contribution is 5.76. The smallest absolute Gasteiger partial charge is 0.226 e. The van der Waals surface area contributed by atoms with Gasteiger partial charge in [0.05, 0.1) is 0 Å². The first-order chi connectivity index (χ1) is 12.8. The van der Waals surface area contributed by atoms with Gasteiger partial charge in [-0.2, -0.15) is 4.98 Å². The summed E-state index contributed by atoms with van der Waals surface area (Å²) in [7, 11) is 0. The van der Waals surface area contributed by atoms with Crippen LogP contribution in [0.2, 0.25) is 0 Å². The van der Waals surface area contributed by atoms with E-state index in [0.717, 1.165) is 24.8 Å². The first kappa shape index (κ1) is 20.3. The number of rotatable bonds is 7. The molecule has 3 rings (SSSR count). The van der Waals surface area contributed by atoms with Crippen LogP contribution in [-0.4, -0.2) is 46.1 Å².